The van der Waals surface area contributed by atoms with Crippen molar-refractivity contribution in [2.75, 3.05) is 36.0 Å². The van der Waals surface area contributed by atoms with E-state index in [-0.39, 0.29) is 0 Å². The number of nitrogens with two attached hydrogens (primary N) is 2. The van der Waals surface area contributed by atoms with E-state index in [9.17, 15) is 0 Å². The Bertz CT molecular complexity index is 936. The number of nitrogen functional groups attached to an aromatic ring is 2. The summed E-state index contributed by atoms with van der Waals surface area (Å²) in [7, 11) is 0. The van der Waals surface area contributed by atoms with E-state index in [1.807, 2.05) is 30.3 Å². The quantitative estimate of drug-likeness (QED) is 0.598. The van der Waals surface area contributed by atoms with Crippen LogP contribution in [0.2, 0.25) is 0 Å². The van der Waals surface area contributed by atoms with Crippen LogP contribution in [0, 0.1) is 0 Å². The molecule has 1 aromatic carbocycles. The Labute approximate surface area is 158 Å². The first kappa shape index (κ1) is 17.5. The first-order chi connectivity index (χ1) is 13.2. The molecule has 27 heavy (non-hydrogen) atoms. The first-order valence-electron chi connectivity index (χ1n) is 9.42. The van der Waals surface area contributed by atoms with Crippen LogP contribution in [0.4, 0.5) is 17.2 Å². The number of fused-ring (bicyclic) bond motifs is 1. The van der Waals surface area contributed by atoms with Crippen molar-refractivity contribution in [3.63, 3.8) is 0 Å². The molecule has 5 N–H and O–H groups in total. The number of aromatic nitrogens is 3. The third-order valence-corrected chi connectivity index (χ3v) is 4.96. The first-order valence-corrected chi connectivity index (χ1v) is 9.42. The van der Waals surface area contributed by atoms with Crippen molar-refractivity contribution in [1.29, 1.82) is 0 Å². The van der Waals surface area contributed by atoms with Gasteiger partial charge in [-0.3, -0.25) is 4.98 Å². The zero-order chi connectivity index (χ0) is 18.8. The summed E-state index contributed by atoms with van der Waals surface area (Å²) in [6.45, 7) is 5.05. The zero-order valence-corrected chi connectivity index (χ0v) is 15.5. The molecule has 3 heterocycles. The molecule has 0 spiro atoms. The fourth-order valence-corrected chi connectivity index (χ4v) is 3.60. The molecule has 7 heteroatoms. The summed E-state index contributed by atoms with van der Waals surface area (Å²) < 4.78 is 0. The van der Waals surface area contributed by atoms with Gasteiger partial charge in [-0.2, -0.15) is 0 Å². The van der Waals surface area contributed by atoms with Crippen molar-refractivity contribution in [3.8, 4) is 11.4 Å². The van der Waals surface area contributed by atoms with Crippen LogP contribution < -0.4 is 21.7 Å². The van der Waals surface area contributed by atoms with Gasteiger partial charge in [-0.15, -0.1) is 0 Å². The SMILES string of the molecule is CCCNC1CCN(c2nc(-c3c(N)cccc3N)nc3cccnc23)C1. The maximum Gasteiger partial charge on any atom is 0.166 e. The van der Waals surface area contributed by atoms with Crippen LogP contribution >= 0.6 is 0 Å². The van der Waals surface area contributed by atoms with E-state index in [0.717, 1.165) is 49.3 Å². The Morgan fingerprint density at radius 2 is 1.96 bits per heavy atom. The second-order valence-electron chi connectivity index (χ2n) is 6.94. The minimum atomic E-state index is 0.467. The van der Waals surface area contributed by atoms with Crippen molar-refractivity contribution < 1.29 is 0 Å². The lowest BCUT2D eigenvalue weighted by Gasteiger charge is -2.20. The molecule has 1 fully saturated rings. The highest BCUT2D eigenvalue weighted by atomic mass is 15.2. The fraction of sp³-hybridized carbons (Fsp3) is 0.350. The molecule has 0 bridgehead atoms. The Hall–Kier alpha value is -2.93. The van der Waals surface area contributed by atoms with Gasteiger partial charge < -0.3 is 21.7 Å². The van der Waals surface area contributed by atoms with Crippen molar-refractivity contribution in [1.82, 2.24) is 20.3 Å². The van der Waals surface area contributed by atoms with Gasteiger partial charge in [0.25, 0.3) is 0 Å². The molecule has 1 aliphatic heterocycles. The van der Waals surface area contributed by atoms with Gasteiger partial charge in [0.15, 0.2) is 11.6 Å². The number of rotatable bonds is 5. The summed E-state index contributed by atoms with van der Waals surface area (Å²) in [6, 6.07) is 9.79. The summed E-state index contributed by atoms with van der Waals surface area (Å²) in [5, 5.41) is 3.60. The highest BCUT2D eigenvalue weighted by Gasteiger charge is 2.26. The number of hydrogen-bond acceptors (Lipinski definition) is 7. The minimum absolute atomic E-state index is 0.467. The van der Waals surface area contributed by atoms with Crippen LogP contribution in [0.5, 0.6) is 0 Å². The van der Waals surface area contributed by atoms with Crippen molar-refractivity contribution in [2.45, 2.75) is 25.8 Å². The molecule has 1 atom stereocenters. The van der Waals surface area contributed by atoms with Gasteiger partial charge in [-0.25, -0.2) is 9.97 Å². The summed E-state index contributed by atoms with van der Waals surface area (Å²) in [5.74, 6) is 1.39. The molecule has 140 valence electrons. The van der Waals surface area contributed by atoms with Gasteiger partial charge in [0, 0.05) is 36.7 Å². The number of pyridine rings is 1. The molecule has 1 unspecified atom stereocenters. The van der Waals surface area contributed by atoms with Crippen LogP contribution in [0.25, 0.3) is 22.4 Å². The molecular formula is C20H25N7. The second-order valence-corrected chi connectivity index (χ2v) is 6.94. The number of nitrogens with zero attached hydrogens (tertiary/aromatic N) is 4. The molecule has 3 aromatic rings. The summed E-state index contributed by atoms with van der Waals surface area (Å²) in [4.78, 5) is 16.4. The standard InChI is InChI=1S/C20H25N7/c1-2-9-23-13-8-11-27(12-13)20-18-16(7-4-10-24-18)25-19(26-20)17-14(21)5-3-6-15(17)22/h3-7,10,13,23H,2,8-9,11-12,21-22H2,1H3. The van der Waals surface area contributed by atoms with Gasteiger partial charge in [0.2, 0.25) is 0 Å². The van der Waals surface area contributed by atoms with Crippen LogP contribution in [0.15, 0.2) is 36.5 Å². The third kappa shape index (κ3) is 3.38. The maximum atomic E-state index is 6.18. The van der Waals surface area contributed by atoms with Crippen LogP contribution in [-0.2, 0) is 0 Å². The van der Waals surface area contributed by atoms with Crippen LogP contribution in [0.3, 0.4) is 0 Å². The van der Waals surface area contributed by atoms with Crippen molar-refractivity contribution in [2.24, 2.45) is 0 Å². The van der Waals surface area contributed by atoms with E-state index in [1.54, 1.807) is 6.20 Å². The van der Waals surface area contributed by atoms with E-state index < -0.39 is 0 Å². The number of anilines is 3. The zero-order valence-electron chi connectivity index (χ0n) is 15.5. The third-order valence-electron chi connectivity index (χ3n) is 4.96. The summed E-state index contributed by atoms with van der Waals surface area (Å²) in [6.07, 6.45) is 4.00. The van der Waals surface area contributed by atoms with Gasteiger partial charge in [0.1, 0.15) is 5.52 Å². The molecule has 0 aliphatic carbocycles. The lowest BCUT2D eigenvalue weighted by atomic mass is 10.1. The second kappa shape index (κ2) is 7.36. The van der Waals surface area contributed by atoms with Crippen molar-refractivity contribution >= 4 is 28.2 Å². The highest BCUT2D eigenvalue weighted by Crippen LogP contribution is 2.33. The molecule has 0 saturated carbocycles. The van der Waals surface area contributed by atoms with E-state index >= 15 is 0 Å². The van der Waals surface area contributed by atoms with E-state index in [4.69, 9.17) is 21.4 Å². The molecule has 7 nitrogen and oxygen atoms in total. The molecule has 4 rings (SSSR count). The summed E-state index contributed by atoms with van der Waals surface area (Å²) in [5.41, 5.74) is 15.8. The lowest BCUT2D eigenvalue weighted by Crippen LogP contribution is -2.33. The Balaban J connectivity index is 1.78. The average Bonchev–Trinajstić information content (AvgIpc) is 3.14. The van der Waals surface area contributed by atoms with E-state index in [1.165, 1.54) is 0 Å². The monoisotopic (exact) mass is 363 g/mol. The average molecular weight is 363 g/mol. The van der Waals surface area contributed by atoms with Gasteiger partial charge in [-0.1, -0.05) is 13.0 Å². The van der Waals surface area contributed by atoms with Crippen LogP contribution in [-0.4, -0.2) is 40.6 Å². The minimum Gasteiger partial charge on any atom is -0.398 e. The molecule has 1 aliphatic rings. The molecular weight excluding hydrogens is 338 g/mol. The topological polar surface area (TPSA) is 106 Å². The van der Waals surface area contributed by atoms with E-state index in [0.29, 0.717) is 28.8 Å². The Morgan fingerprint density at radius 1 is 1.15 bits per heavy atom. The Morgan fingerprint density at radius 3 is 2.74 bits per heavy atom. The largest absolute Gasteiger partial charge is 0.398 e. The summed E-state index contributed by atoms with van der Waals surface area (Å²) >= 11 is 0. The predicted molar refractivity (Wildman–Crippen MR) is 111 cm³/mol. The maximum absolute atomic E-state index is 6.18. The number of nitrogens with one attached hydrogen (secondary N) is 1. The molecule has 0 amide bonds. The van der Waals surface area contributed by atoms with Gasteiger partial charge in [-0.05, 0) is 43.7 Å². The van der Waals surface area contributed by atoms with Gasteiger partial charge in [0.05, 0.1) is 11.1 Å². The number of benzene rings is 1. The van der Waals surface area contributed by atoms with E-state index in [2.05, 4.69) is 22.1 Å². The van der Waals surface area contributed by atoms with Crippen molar-refractivity contribution in [3.05, 3.63) is 36.5 Å². The molecule has 1 saturated heterocycles. The lowest BCUT2D eigenvalue weighted by molar-refractivity contribution is 0.549. The normalized spacial score (nSPS) is 16.9. The number of hydrogen-bond donors (Lipinski definition) is 3. The Kier molecular flexibility index (Phi) is 4.77. The molecule has 2 aromatic heterocycles. The van der Waals surface area contributed by atoms with Gasteiger partial charge >= 0.3 is 0 Å². The highest BCUT2D eigenvalue weighted by molar-refractivity contribution is 5.91. The van der Waals surface area contributed by atoms with Crippen LogP contribution in [0.1, 0.15) is 19.8 Å². The fourth-order valence-electron chi connectivity index (χ4n) is 3.60. The smallest absolute Gasteiger partial charge is 0.166 e. The molecule has 0 radical (unpaired) electrons. The predicted octanol–water partition coefficient (Wildman–Crippen LogP) is 2.43.